The molecule has 0 amide bonds. The van der Waals surface area contributed by atoms with Gasteiger partial charge in [-0.05, 0) is 11.1 Å². The summed E-state index contributed by atoms with van der Waals surface area (Å²) < 4.78 is 0. The second-order valence-electron chi connectivity index (χ2n) is 5.22. The summed E-state index contributed by atoms with van der Waals surface area (Å²) in [6.45, 7) is 0. The lowest BCUT2D eigenvalue weighted by Crippen LogP contribution is -1.93. The van der Waals surface area contributed by atoms with Crippen LogP contribution >= 0.6 is 0 Å². The Kier molecular flexibility index (Phi) is 3.83. The zero-order valence-electron chi connectivity index (χ0n) is 12.5. The molecule has 0 saturated heterocycles. The molecule has 0 bridgehead atoms. The summed E-state index contributed by atoms with van der Waals surface area (Å²) in [5, 5.41) is 40.5. The average molecular weight is 322 g/mol. The predicted octanol–water partition coefficient (Wildman–Crippen LogP) is 3.66. The maximum Gasteiger partial charge on any atom is 0.204 e. The highest BCUT2D eigenvalue weighted by molar-refractivity contribution is 6.00. The van der Waals surface area contributed by atoms with E-state index >= 15 is 0 Å². The second-order valence-corrected chi connectivity index (χ2v) is 5.22. The Morgan fingerprint density at radius 3 is 1.79 bits per heavy atom. The third-order valence-electron chi connectivity index (χ3n) is 3.82. The highest BCUT2D eigenvalue weighted by Gasteiger charge is 2.26. The molecule has 24 heavy (non-hydrogen) atoms. The average Bonchev–Trinajstić information content (AvgIpc) is 2.63. The summed E-state index contributed by atoms with van der Waals surface area (Å²) in [7, 11) is 0. The first-order chi connectivity index (χ1) is 11.6. The van der Waals surface area contributed by atoms with Crippen LogP contribution in [0.25, 0.3) is 22.3 Å². The quantitative estimate of drug-likeness (QED) is 0.335. The Morgan fingerprint density at radius 1 is 0.625 bits per heavy atom. The molecule has 0 spiro atoms. The number of aldehydes is 1. The third-order valence-corrected chi connectivity index (χ3v) is 3.82. The predicted molar refractivity (Wildman–Crippen MR) is 89.4 cm³/mol. The fourth-order valence-corrected chi connectivity index (χ4v) is 2.67. The Labute approximate surface area is 137 Å². The van der Waals surface area contributed by atoms with E-state index in [1.165, 1.54) is 0 Å². The van der Waals surface area contributed by atoms with Gasteiger partial charge in [0.1, 0.15) is 0 Å². The minimum Gasteiger partial charge on any atom is -0.504 e. The van der Waals surface area contributed by atoms with Crippen molar-refractivity contribution in [1.82, 2.24) is 0 Å². The summed E-state index contributed by atoms with van der Waals surface area (Å²) in [4.78, 5) is 11.3. The fourth-order valence-electron chi connectivity index (χ4n) is 2.67. The van der Waals surface area contributed by atoms with Gasteiger partial charge >= 0.3 is 0 Å². The summed E-state index contributed by atoms with van der Waals surface area (Å²) in [5.41, 5.74) is 1.30. The number of benzene rings is 3. The van der Waals surface area contributed by atoms with Crippen LogP contribution in [0.1, 0.15) is 10.4 Å². The highest BCUT2D eigenvalue weighted by Crippen LogP contribution is 2.55. The number of carbonyl (C=O) groups is 1. The van der Waals surface area contributed by atoms with Crippen molar-refractivity contribution >= 4 is 6.29 Å². The summed E-state index contributed by atoms with van der Waals surface area (Å²) >= 11 is 0. The van der Waals surface area contributed by atoms with Gasteiger partial charge in [-0.25, -0.2) is 0 Å². The molecule has 0 atom stereocenters. The van der Waals surface area contributed by atoms with E-state index in [0.29, 0.717) is 17.4 Å². The second kappa shape index (κ2) is 5.96. The number of rotatable bonds is 3. The number of aromatic hydroxyl groups is 4. The van der Waals surface area contributed by atoms with Crippen molar-refractivity contribution < 1.29 is 25.2 Å². The minimum atomic E-state index is -0.845. The Morgan fingerprint density at radius 2 is 1.17 bits per heavy atom. The summed E-state index contributed by atoms with van der Waals surface area (Å²) in [6.07, 6.45) is 0.616. The summed E-state index contributed by atoms with van der Waals surface area (Å²) in [5.74, 6) is -2.85. The Hall–Kier alpha value is -3.47. The van der Waals surface area contributed by atoms with Gasteiger partial charge < -0.3 is 20.4 Å². The first-order valence-corrected chi connectivity index (χ1v) is 7.16. The molecule has 0 saturated carbocycles. The molecule has 0 heterocycles. The van der Waals surface area contributed by atoms with E-state index in [2.05, 4.69) is 0 Å². The van der Waals surface area contributed by atoms with Crippen LogP contribution in [0.5, 0.6) is 23.0 Å². The van der Waals surface area contributed by atoms with E-state index in [-0.39, 0.29) is 16.7 Å². The third kappa shape index (κ3) is 2.32. The fraction of sp³-hybridized carbons (Fsp3) is 0. The molecule has 3 rings (SSSR count). The Balaban J connectivity index is 2.47. The van der Waals surface area contributed by atoms with Gasteiger partial charge in [-0.1, -0.05) is 54.6 Å². The molecule has 120 valence electrons. The van der Waals surface area contributed by atoms with Crippen LogP contribution in [0.15, 0.2) is 54.6 Å². The number of hydrogen-bond acceptors (Lipinski definition) is 5. The monoisotopic (exact) mass is 322 g/mol. The number of phenolic OH excluding ortho intramolecular Hbond substituents is 4. The lowest BCUT2D eigenvalue weighted by Gasteiger charge is -2.17. The minimum absolute atomic E-state index is 0.0664. The molecule has 0 radical (unpaired) electrons. The molecule has 3 aromatic carbocycles. The van der Waals surface area contributed by atoms with Crippen LogP contribution in [-0.4, -0.2) is 26.7 Å². The molecule has 4 N–H and O–H groups in total. The van der Waals surface area contributed by atoms with Crippen LogP contribution in [0, 0.1) is 0 Å². The van der Waals surface area contributed by atoms with Crippen molar-refractivity contribution in [2.45, 2.75) is 0 Å². The van der Waals surface area contributed by atoms with E-state index in [1.54, 1.807) is 54.6 Å². The van der Waals surface area contributed by atoms with Gasteiger partial charge in [0.2, 0.25) is 11.5 Å². The lowest BCUT2D eigenvalue weighted by atomic mass is 9.89. The van der Waals surface area contributed by atoms with Crippen LogP contribution in [0.3, 0.4) is 0 Å². The van der Waals surface area contributed by atoms with E-state index in [9.17, 15) is 25.2 Å². The molecule has 3 aromatic rings. The maximum absolute atomic E-state index is 11.3. The first kappa shape index (κ1) is 15.4. The van der Waals surface area contributed by atoms with Crippen molar-refractivity contribution in [3.63, 3.8) is 0 Å². The van der Waals surface area contributed by atoms with E-state index < -0.39 is 23.0 Å². The van der Waals surface area contributed by atoms with Crippen molar-refractivity contribution in [3.05, 3.63) is 60.2 Å². The van der Waals surface area contributed by atoms with Gasteiger partial charge in [-0.3, -0.25) is 4.79 Å². The van der Waals surface area contributed by atoms with Crippen LogP contribution in [-0.2, 0) is 0 Å². The molecule has 0 aliphatic carbocycles. The van der Waals surface area contributed by atoms with E-state index in [1.807, 2.05) is 0 Å². The van der Waals surface area contributed by atoms with Crippen LogP contribution in [0.2, 0.25) is 0 Å². The van der Waals surface area contributed by atoms with Gasteiger partial charge in [-0.2, -0.15) is 0 Å². The van der Waals surface area contributed by atoms with Crippen molar-refractivity contribution in [2.24, 2.45) is 0 Å². The van der Waals surface area contributed by atoms with E-state index in [4.69, 9.17) is 0 Å². The van der Waals surface area contributed by atoms with E-state index in [0.717, 1.165) is 0 Å². The lowest BCUT2D eigenvalue weighted by molar-refractivity contribution is 0.112. The molecule has 0 aromatic heterocycles. The first-order valence-electron chi connectivity index (χ1n) is 7.16. The molecular formula is C19H14O5. The van der Waals surface area contributed by atoms with Crippen LogP contribution in [0.4, 0.5) is 0 Å². The SMILES string of the molecule is O=Cc1ccccc1-c1c(O)c(O)c(O)c(O)c1-c1ccccc1. The van der Waals surface area contributed by atoms with Crippen molar-refractivity contribution in [1.29, 1.82) is 0 Å². The summed E-state index contributed by atoms with van der Waals surface area (Å²) in [6, 6.07) is 15.1. The number of phenols is 4. The maximum atomic E-state index is 11.3. The van der Waals surface area contributed by atoms with Crippen molar-refractivity contribution in [2.75, 3.05) is 0 Å². The van der Waals surface area contributed by atoms with Gasteiger partial charge in [0.05, 0.1) is 0 Å². The molecule has 0 aliphatic heterocycles. The number of carbonyl (C=O) groups excluding carboxylic acids is 1. The Bertz CT molecular complexity index is 917. The molecule has 0 fully saturated rings. The largest absolute Gasteiger partial charge is 0.504 e. The highest BCUT2D eigenvalue weighted by atomic mass is 16.3. The van der Waals surface area contributed by atoms with Gasteiger partial charge in [0.25, 0.3) is 0 Å². The van der Waals surface area contributed by atoms with Gasteiger partial charge in [0.15, 0.2) is 17.8 Å². The number of hydrogen-bond donors (Lipinski definition) is 4. The molecule has 0 aliphatic rings. The zero-order chi connectivity index (χ0) is 17.3. The van der Waals surface area contributed by atoms with Gasteiger partial charge in [-0.15, -0.1) is 0 Å². The van der Waals surface area contributed by atoms with Crippen LogP contribution < -0.4 is 0 Å². The van der Waals surface area contributed by atoms with Gasteiger partial charge in [0, 0.05) is 16.7 Å². The zero-order valence-corrected chi connectivity index (χ0v) is 12.5. The molecule has 0 unspecified atom stereocenters. The molecule has 5 nitrogen and oxygen atoms in total. The molecular weight excluding hydrogens is 308 g/mol. The topological polar surface area (TPSA) is 98.0 Å². The standard InChI is InChI=1S/C19H14O5/c20-10-12-8-4-5-9-13(12)15-14(11-6-2-1-3-7-11)16(21)18(23)19(24)17(15)22/h1-10,21-24H. The molecule has 5 heteroatoms. The normalized spacial score (nSPS) is 10.5. The smallest absolute Gasteiger partial charge is 0.204 e. The van der Waals surface area contributed by atoms with Crippen molar-refractivity contribution in [3.8, 4) is 45.3 Å².